The lowest BCUT2D eigenvalue weighted by Crippen LogP contribution is -2.29. The Labute approximate surface area is 216 Å². The lowest BCUT2D eigenvalue weighted by molar-refractivity contribution is -0.132. The molecule has 1 atom stereocenters. The lowest BCUT2D eigenvalue weighted by Gasteiger charge is -2.26. The van der Waals surface area contributed by atoms with Gasteiger partial charge in [0, 0.05) is 20.7 Å². The van der Waals surface area contributed by atoms with E-state index in [-0.39, 0.29) is 22.8 Å². The Morgan fingerprint density at radius 1 is 1.06 bits per heavy atom. The van der Waals surface area contributed by atoms with Crippen LogP contribution in [0.2, 0.25) is 5.02 Å². The van der Waals surface area contributed by atoms with Gasteiger partial charge in [-0.2, -0.15) is 0 Å². The van der Waals surface area contributed by atoms with Crippen LogP contribution in [0.1, 0.15) is 35.2 Å². The number of amides is 1. The third-order valence-corrected chi connectivity index (χ3v) is 7.21. The molecule has 4 rings (SSSR count). The number of phenolic OH excluding ortho intramolecular Hbond substituents is 1. The quantitative estimate of drug-likeness (QED) is 0.214. The van der Waals surface area contributed by atoms with Crippen LogP contribution in [0.3, 0.4) is 0 Å². The van der Waals surface area contributed by atoms with E-state index in [1.54, 1.807) is 55.5 Å². The summed E-state index contributed by atoms with van der Waals surface area (Å²) in [4.78, 5) is 28.0. The van der Waals surface area contributed by atoms with Crippen LogP contribution in [0.25, 0.3) is 5.76 Å². The van der Waals surface area contributed by atoms with Gasteiger partial charge >= 0.3 is 0 Å². The normalized spacial score (nSPS) is 17.2. The van der Waals surface area contributed by atoms with Gasteiger partial charge in [-0.3, -0.25) is 14.5 Å². The molecule has 1 fully saturated rings. The molecule has 3 aromatic carbocycles. The SMILES string of the molecule is CCOc1cc(C2/C(=C(\O)c3ccc(Br)c(C)c3)C(=O)C(=O)N2c2ccc(C)c(Cl)c2)ccc1O. The highest BCUT2D eigenvalue weighted by Crippen LogP contribution is 2.44. The summed E-state index contributed by atoms with van der Waals surface area (Å²) in [6.07, 6.45) is 0. The highest BCUT2D eigenvalue weighted by Gasteiger charge is 2.47. The molecule has 0 saturated carbocycles. The number of hydrogen-bond donors (Lipinski definition) is 2. The van der Waals surface area contributed by atoms with Crippen LogP contribution in [-0.4, -0.2) is 28.5 Å². The molecular weight excluding hydrogens is 534 g/mol. The van der Waals surface area contributed by atoms with Gasteiger partial charge in [-0.25, -0.2) is 0 Å². The molecule has 0 aliphatic carbocycles. The standard InChI is InChI=1S/C27H23BrClNO5/c1-4-35-22-12-16(7-10-21(22)31)24-23(25(32)17-6-9-19(28)15(3)11-17)26(33)27(34)30(24)18-8-5-14(2)20(29)13-18/h5-13,24,31-32H,4H2,1-3H3/b25-23+. The average Bonchev–Trinajstić information content (AvgIpc) is 3.09. The first-order valence-corrected chi connectivity index (χ1v) is 12.1. The molecule has 1 aliphatic heterocycles. The second-order valence-corrected chi connectivity index (χ2v) is 9.49. The number of halogens is 2. The summed E-state index contributed by atoms with van der Waals surface area (Å²) in [5.74, 6) is -1.78. The largest absolute Gasteiger partial charge is 0.507 e. The van der Waals surface area contributed by atoms with E-state index in [1.807, 2.05) is 13.8 Å². The van der Waals surface area contributed by atoms with Crippen molar-refractivity contribution in [2.24, 2.45) is 0 Å². The zero-order valence-corrected chi connectivity index (χ0v) is 21.6. The fraction of sp³-hybridized carbons (Fsp3) is 0.185. The predicted molar refractivity (Wildman–Crippen MR) is 139 cm³/mol. The molecule has 1 aliphatic rings. The molecule has 1 amide bonds. The number of nitrogens with zero attached hydrogens (tertiary/aromatic N) is 1. The highest BCUT2D eigenvalue weighted by molar-refractivity contribution is 9.10. The molecule has 3 aromatic rings. The Morgan fingerprint density at radius 3 is 2.46 bits per heavy atom. The molecule has 0 radical (unpaired) electrons. The first-order chi connectivity index (χ1) is 16.6. The summed E-state index contributed by atoms with van der Waals surface area (Å²) in [6, 6.07) is 13.9. The summed E-state index contributed by atoms with van der Waals surface area (Å²) in [6.45, 7) is 5.78. The number of ketones is 1. The summed E-state index contributed by atoms with van der Waals surface area (Å²) in [7, 11) is 0. The number of anilines is 1. The summed E-state index contributed by atoms with van der Waals surface area (Å²) < 4.78 is 6.38. The number of carbonyl (C=O) groups excluding carboxylic acids is 2. The van der Waals surface area contributed by atoms with Crippen molar-refractivity contribution in [3.63, 3.8) is 0 Å². The monoisotopic (exact) mass is 555 g/mol. The molecule has 2 N–H and O–H groups in total. The number of aliphatic hydroxyl groups excluding tert-OH is 1. The molecule has 0 spiro atoms. The smallest absolute Gasteiger partial charge is 0.300 e. The van der Waals surface area contributed by atoms with E-state index < -0.39 is 17.7 Å². The fourth-order valence-electron chi connectivity index (χ4n) is 4.07. The number of aryl methyl sites for hydroxylation is 2. The Hall–Kier alpha value is -3.29. The third kappa shape index (κ3) is 4.54. The first-order valence-electron chi connectivity index (χ1n) is 10.9. The van der Waals surface area contributed by atoms with Crippen molar-refractivity contribution in [2.45, 2.75) is 26.8 Å². The van der Waals surface area contributed by atoms with E-state index in [2.05, 4.69) is 15.9 Å². The van der Waals surface area contributed by atoms with Gasteiger partial charge in [0.1, 0.15) is 5.76 Å². The summed E-state index contributed by atoms with van der Waals surface area (Å²) in [5.41, 5.74) is 2.90. The maximum absolute atomic E-state index is 13.3. The molecule has 35 heavy (non-hydrogen) atoms. The summed E-state index contributed by atoms with van der Waals surface area (Å²) >= 11 is 9.78. The first kappa shape index (κ1) is 24.8. The van der Waals surface area contributed by atoms with Gasteiger partial charge in [0.2, 0.25) is 0 Å². The van der Waals surface area contributed by atoms with Crippen LogP contribution in [0, 0.1) is 13.8 Å². The fourth-order valence-corrected chi connectivity index (χ4v) is 4.49. The maximum Gasteiger partial charge on any atom is 0.300 e. The molecule has 180 valence electrons. The average molecular weight is 557 g/mol. The minimum Gasteiger partial charge on any atom is -0.507 e. The van der Waals surface area contributed by atoms with Crippen LogP contribution >= 0.6 is 27.5 Å². The van der Waals surface area contributed by atoms with E-state index in [0.717, 1.165) is 15.6 Å². The Kier molecular flexibility index (Phi) is 6.92. The minimum absolute atomic E-state index is 0.0680. The highest BCUT2D eigenvalue weighted by atomic mass is 79.9. The number of phenols is 1. The van der Waals surface area contributed by atoms with Crippen LogP contribution in [0.5, 0.6) is 11.5 Å². The number of rotatable bonds is 5. The lowest BCUT2D eigenvalue weighted by atomic mass is 9.94. The molecule has 0 bridgehead atoms. The molecule has 0 aromatic heterocycles. The number of benzene rings is 3. The van der Waals surface area contributed by atoms with E-state index in [1.165, 1.54) is 11.0 Å². The van der Waals surface area contributed by atoms with E-state index in [4.69, 9.17) is 16.3 Å². The number of Topliss-reactive ketones (excluding diaryl/α,β-unsaturated/α-hetero) is 1. The van der Waals surface area contributed by atoms with E-state index in [0.29, 0.717) is 28.4 Å². The van der Waals surface area contributed by atoms with E-state index >= 15 is 0 Å². The molecular formula is C27H23BrClNO5. The number of carbonyl (C=O) groups is 2. The van der Waals surface area contributed by atoms with Crippen molar-refractivity contribution < 1.29 is 24.5 Å². The summed E-state index contributed by atoms with van der Waals surface area (Å²) in [5, 5.41) is 22.0. The van der Waals surface area contributed by atoms with Gasteiger partial charge < -0.3 is 14.9 Å². The second-order valence-electron chi connectivity index (χ2n) is 8.23. The van der Waals surface area contributed by atoms with Crippen molar-refractivity contribution in [3.8, 4) is 11.5 Å². The topological polar surface area (TPSA) is 87.1 Å². The van der Waals surface area contributed by atoms with Gasteiger partial charge in [-0.1, -0.05) is 45.7 Å². The molecule has 1 unspecified atom stereocenters. The molecule has 1 heterocycles. The van der Waals surface area contributed by atoms with E-state index in [9.17, 15) is 19.8 Å². The number of hydrogen-bond acceptors (Lipinski definition) is 5. The van der Waals surface area contributed by atoms with Crippen LogP contribution in [0.15, 0.2) is 64.6 Å². The molecule has 6 nitrogen and oxygen atoms in total. The van der Waals surface area contributed by atoms with Gasteiger partial charge in [0.25, 0.3) is 11.7 Å². The van der Waals surface area contributed by atoms with Crippen molar-refractivity contribution in [1.29, 1.82) is 0 Å². The Morgan fingerprint density at radius 2 is 1.80 bits per heavy atom. The van der Waals surface area contributed by atoms with Crippen LogP contribution in [0.4, 0.5) is 5.69 Å². The Bertz CT molecular complexity index is 1380. The predicted octanol–water partition coefficient (Wildman–Crippen LogP) is 6.45. The maximum atomic E-state index is 13.3. The van der Waals surface area contributed by atoms with Crippen LogP contribution in [-0.2, 0) is 9.59 Å². The number of aliphatic hydroxyl groups is 1. The van der Waals surface area contributed by atoms with Gasteiger partial charge in [-0.15, -0.1) is 0 Å². The molecule has 8 heteroatoms. The Balaban J connectivity index is 1.98. The van der Waals surface area contributed by atoms with Crippen molar-refractivity contribution in [3.05, 3.63) is 91.9 Å². The zero-order chi connectivity index (χ0) is 25.4. The van der Waals surface area contributed by atoms with Crippen LogP contribution < -0.4 is 9.64 Å². The van der Waals surface area contributed by atoms with Gasteiger partial charge in [0.15, 0.2) is 11.5 Å². The molecule has 1 saturated heterocycles. The van der Waals surface area contributed by atoms with Crippen molar-refractivity contribution in [1.82, 2.24) is 0 Å². The van der Waals surface area contributed by atoms with Gasteiger partial charge in [0.05, 0.1) is 18.2 Å². The van der Waals surface area contributed by atoms with Crippen molar-refractivity contribution in [2.75, 3.05) is 11.5 Å². The number of aromatic hydroxyl groups is 1. The number of ether oxygens (including phenoxy) is 1. The van der Waals surface area contributed by atoms with Crippen molar-refractivity contribution >= 4 is 50.7 Å². The second kappa shape index (κ2) is 9.76. The van der Waals surface area contributed by atoms with Gasteiger partial charge in [-0.05, 0) is 73.9 Å². The zero-order valence-electron chi connectivity index (χ0n) is 19.3. The minimum atomic E-state index is -0.975. The third-order valence-electron chi connectivity index (χ3n) is 5.91.